The highest BCUT2D eigenvalue weighted by molar-refractivity contribution is 6.26. The van der Waals surface area contributed by atoms with Gasteiger partial charge in [-0.25, -0.2) is 0 Å². The molecular formula is C49H30N4. The first-order chi connectivity index (χ1) is 26.3. The van der Waals surface area contributed by atoms with Crippen molar-refractivity contribution in [3.8, 4) is 34.3 Å². The van der Waals surface area contributed by atoms with Crippen LogP contribution in [0.1, 0.15) is 5.56 Å². The van der Waals surface area contributed by atoms with Gasteiger partial charge in [-0.15, -0.1) is 0 Å². The molecule has 11 rings (SSSR count). The fourth-order valence-electron chi connectivity index (χ4n) is 8.72. The smallest absolute Gasteiger partial charge is 0.101 e. The van der Waals surface area contributed by atoms with Crippen LogP contribution in [0, 0.1) is 11.3 Å². The largest absolute Gasteiger partial charge is 0.309 e. The van der Waals surface area contributed by atoms with E-state index in [1.54, 1.807) is 0 Å². The molecule has 11 aromatic rings. The highest BCUT2D eigenvalue weighted by Gasteiger charge is 2.24. The third kappa shape index (κ3) is 4.16. The van der Waals surface area contributed by atoms with Gasteiger partial charge in [0, 0.05) is 49.3 Å². The summed E-state index contributed by atoms with van der Waals surface area (Å²) in [7, 11) is 0. The Morgan fingerprint density at radius 3 is 1.58 bits per heavy atom. The zero-order chi connectivity index (χ0) is 35.0. The van der Waals surface area contributed by atoms with Crippen molar-refractivity contribution in [2.24, 2.45) is 0 Å². The molecular weight excluding hydrogens is 645 g/mol. The van der Waals surface area contributed by atoms with E-state index >= 15 is 0 Å². The van der Waals surface area contributed by atoms with Crippen LogP contribution >= 0.6 is 0 Å². The lowest BCUT2D eigenvalue weighted by molar-refractivity contribution is 1.16. The summed E-state index contributed by atoms with van der Waals surface area (Å²) in [6, 6.07) is 67.0. The normalized spacial score (nSPS) is 11.8. The van der Waals surface area contributed by atoms with Crippen molar-refractivity contribution in [3.63, 3.8) is 0 Å². The average molecular weight is 675 g/mol. The molecule has 0 spiro atoms. The van der Waals surface area contributed by atoms with Gasteiger partial charge in [0.15, 0.2) is 0 Å². The van der Waals surface area contributed by atoms with Gasteiger partial charge in [0.2, 0.25) is 0 Å². The zero-order valence-corrected chi connectivity index (χ0v) is 28.6. The van der Waals surface area contributed by atoms with Gasteiger partial charge in [-0.2, -0.15) is 5.26 Å². The molecule has 3 heterocycles. The van der Waals surface area contributed by atoms with E-state index in [1.165, 1.54) is 16.2 Å². The number of nitriles is 1. The van der Waals surface area contributed by atoms with Crippen molar-refractivity contribution in [2.45, 2.75) is 0 Å². The predicted octanol–water partition coefficient (Wildman–Crippen LogP) is 12.5. The van der Waals surface area contributed by atoms with Gasteiger partial charge in [-0.05, 0) is 66.2 Å². The van der Waals surface area contributed by atoms with Crippen molar-refractivity contribution < 1.29 is 0 Å². The molecule has 0 atom stereocenters. The second kappa shape index (κ2) is 11.3. The molecule has 4 heteroatoms. The van der Waals surface area contributed by atoms with Gasteiger partial charge in [-0.3, -0.25) is 0 Å². The van der Waals surface area contributed by atoms with Crippen molar-refractivity contribution in [1.82, 2.24) is 13.7 Å². The van der Waals surface area contributed by atoms with Crippen molar-refractivity contribution in [3.05, 3.63) is 188 Å². The molecule has 0 radical (unpaired) electrons. The van der Waals surface area contributed by atoms with Gasteiger partial charge >= 0.3 is 0 Å². The second-order valence-corrected chi connectivity index (χ2v) is 13.6. The summed E-state index contributed by atoms with van der Waals surface area (Å²) >= 11 is 0. The Kier molecular flexibility index (Phi) is 6.28. The van der Waals surface area contributed by atoms with Crippen molar-refractivity contribution >= 4 is 65.4 Å². The van der Waals surface area contributed by atoms with Crippen LogP contribution in [0.5, 0.6) is 0 Å². The van der Waals surface area contributed by atoms with Crippen molar-refractivity contribution in [1.29, 1.82) is 5.26 Å². The molecule has 4 nitrogen and oxygen atoms in total. The summed E-state index contributed by atoms with van der Waals surface area (Å²) in [6.45, 7) is 0. The minimum Gasteiger partial charge on any atom is -0.309 e. The molecule has 0 aliphatic carbocycles. The first kappa shape index (κ1) is 29.4. The van der Waals surface area contributed by atoms with E-state index in [-0.39, 0.29) is 0 Å². The molecule has 0 amide bonds. The van der Waals surface area contributed by atoms with Gasteiger partial charge in [0.25, 0.3) is 0 Å². The Labute approximate surface area is 305 Å². The van der Waals surface area contributed by atoms with Crippen LogP contribution in [0.15, 0.2) is 182 Å². The van der Waals surface area contributed by atoms with Crippen LogP contribution in [-0.2, 0) is 0 Å². The van der Waals surface area contributed by atoms with Crippen LogP contribution in [0.2, 0.25) is 0 Å². The molecule has 0 saturated carbocycles. The van der Waals surface area contributed by atoms with Gasteiger partial charge in [0.05, 0.1) is 44.4 Å². The summed E-state index contributed by atoms with van der Waals surface area (Å²) in [6.07, 6.45) is 0. The number of hydrogen-bond donors (Lipinski definition) is 0. The number of para-hydroxylation sites is 6. The molecule has 0 saturated heterocycles. The van der Waals surface area contributed by atoms with E-state index in [0.717, 1.165) is 77.4 Å². The minimum atomic E-state index is 0.622. The molecule has 0 bridgehead atoms. The van der Waals surface area contributed by atoms with Crippen LogP contribution in [0.4, 0.5) is 0 Å². The second-order valence-electron chi connectivity index (χ2n) is 13.6. The van der Waals surface area contributed by atoms with E-state index in [2.05, 4.69) is 190 Å². The molecule has 0 unspecified atom stereocenters. The molecule has 0 aliphatic rings. The van der Waals surface area contributed by atoms with Crippen LogP contribution in [0.25, 0.3) is 93.6 Å². The van der Waals surface area contributed by atoms with Crippen LogP contribution in [0.3, 0.4) is 0 Å². The Hall–Kier alpha value is -7.35. The highest BCUT2D eigenvalue weighted by Crippen LogP contribution is 2.44. The molecule has 53 heavy (non-hydrogen) atoms. The quantitative estimate of drug-likeness (QED) is 0.183. The molecule has 8 aromatic carbocycles. The number of aromatic nitrogens is 3. The van der Waals surface area contributed by atoms with Crippen LogP contribution < -0.4 is 0 Å². The summed E-state index contributed by atoms with van der Waals surface area (Å²) in [5, 5.41) is 17.9. The van der Waals surface area contributed by atoms with E-state index < -0.39 is 0 Å². The van der Waals surface area contributed by atoms with Gasteiger partial charge in [-0.1, -0.05) is 121 Å². The number of benzene rings is 8. The lowest BCUT2D eigenvalue weighted by Gasteiger charge is -2.17. The topological polar surface area (TPSA) is 38.6 Å². The molecule has 0 aliphatic heterocycles. The molecule has 0 N–H and O–H groups in total. The third-order valence-electron chi connectivity index (χ3n) is 10.9. The molecule has 246 valence electrons. The van der Waals surface area contributed by atoms with E-state index in [1.807, 2.05) is 12.1 Å². The molecule has 0 fully saturated rings. The fourth-order valence-corrected chi connectivity index (χ4v) is 8.72. The lowest BCUT2D eigenvalue weighted by atomic mass is 9.99. The van der Waals surface area contributed by atoms with E-state index in [9.17, 15) is 5.26 Å². The maximum absolute atomic E-state index is 10.8. The summed E-state index contributed by atoms with van der Waals surface area (Å²) in [4.78, 5) is 0. The van der Waals surface area contributed by atoms with Gasteiger partial charge in [0.1, 0.15) is 6.07 Å². The number of hydrogen-bond acceptors (Lipinski definition) is 1. The fraction of sp³-hybridized carbons (Fsp3) is 0. The SMILES string of the molecule is N#Cc1cccc(-c2cccc(-n3c4ccccc4c4ccccc43)c2)c1-n1c2ccccc2c2ccc3c(c4ccccc4n3-c3ccccc3)c21. The average Bonchev–Trinajstić information content (AvgIpc) is 3.86. The maximum atomic E-state index is 10.8. The summed E-state index contributed by atoms with van der Waals surface area (Å²) in [5.41, 5.74) is 12.5. The Morgan fingerprint density at radius 1 is 0.377 bits per heavy atom. The predicted molar refractivity (Wildman–Crippen MR) is 220 cm³/mol. The number of fused-ring (bicyclic) bond motifs is 10. The van der Waals surface area contributed by atoms with Gasteiger partial charge < -0.3 is 13.7 Å². The van der Waals surface area contributed by atoms with E-state index in [0.29, 0.717) is 5.56 Å². The zero-order valence-electron chi connectivity index (χ0n) is 28.6. The summed E-state index contributed by atoms with van der Waals surface area (Å²) in [5.74, 6) is 0. The Morgan fingerprint density at radius 2 is 0.906 bits per heavy atom. The maximum Gasteiger partial charge on any atom is 0.101 e. The van der Waals surface area contributed by atoms with E-state index in [4.69, 9.17) is 0 Å². The first-order valence-corrected chi connectivity index (χ1v) is 17.9. The lowest BCUT2D eigenvalue weighted by Crippen LogP contribution is -2.02. The Balaban J connectivity index is 1.25. The minimum absolute atomic E-state index is 0.622. The first-order valence-electron chi connectivity index (χ1n) is 17.9. The number of nitrogens with zero attached hydrogens (tertiary/aromatic N) is 4. The Bertz CT molecular complexity index is 3240. The monoisotopic (exact) mass is 674 g/mol. The van der Waals surface area contributed by atoms with Crippen molar-refractivity contribution in [2.75, 3.05) is 0 Å². The highest BCUT2D eigenvalue weighted by atomic mass is 15.0. The summed E-state index contributed by atoms with van der Waals surface area (Å²) < 4.78 is 7.07. The molecule has 3 aromatic heterocycles. The number of rotatable bonds is 4. The van der Waals surface area contributed by atoms with Crippen LogP contribution in [-0.4, -0.2) is 13.7 Å². The standard InChI is InChI=1S/C49H30N4/c50-31-33-15-13-23-36(32-14-12-18-35(30-32)52-42-24-8-4-19-37(42)38-20-5-9-25-43(38)52)48(33)53-44-26-10-6-21-39(44)40-28-29-46-47(49(40)53)41-22-7-11-27-45(41)51(46)34-16-2-1-3-17-34/h1-30H. The third-order valence-corrected chi connectivity index (χ3v) is 10.9.